The van der Waals surface area contributed by atoms with E-state index in [1.807, 2.05) is 11.8 Å². The van der Waals surface area contributed by atoms with Gasteiger partial charge in [0, 0.05) is 23.9 Å². The van der Waals surface area contributed by atoms with Gasteiger partial charge in [-0.3, -0.25) is 4.90 Å². The number of hydrogen-bond donors (Lipinski definition) is 1. The molecule has 0 radical (unpaired) electrons. The molecule has 3 nitrogen and oxygen atoms in total. The highest BCUT2D eigenvalue weighted by atomic mass is 32.2. The molecule has 2 aliphatic heterocycles. The fourth-order valence-corrected chi connectivity index (χ4v) is 4.38. The maximum atomic E-state index is 6.26. The van der Waals surface area contributed by atoms with Crippen LogP contribution in [0.4, 0.5) is 0 Å². The summed E-state index contributed by atoms with van der Waals surface area (Å²) in [5.74, 6) is 4.04. The van der Waals surface area contributed by atoms with E-state index in [0.29, 0.717) is 18.1 Å². The summed E-state index contributed by atoms with van der Waals surface area (Å²) >= 11 is 1.99. The highest BCUT2D eigenvalue weighted by Crippen LogP contribution is 2.39. The zero-order valence-electron chi connectivity index (χ0n) is 12.1. The first-order valence-electron chi connectivity index (χ1n) is 7.51. The number of hydrogen-bond acceptors (Lipinski definition) is 4. The predicted octanol–water partition coefficient (Wildman–Crippen LogP) is 2.52. The lowest BCUT2D eigenvalue weighted by Crippen LogP contribution is -2.22. The number of benzene rings is 1. The van der Waals surface area contributed by atoms with E-state index in [9.17, 15) is 0 Å². The Bertz CT molecular complexity index is 448. The molecule has 0 amide bonds. The lowest BCUT2D eigenvalue weighted by atomic mass is 9.99. The molecule has 110 valence electrons. The number of thioether (sulfide) groups is 1. The van der Waals surface area contributed by atoms with Crippen molar-refractivity contribution in [3.8, 4) is 5.75 Å². The Kier molecular flexibility index (Phi) is 4.54. The van der Waals surface area contributed by atoms with Crippen molar-refractivity contribution in [1.29, 1.82) is 0 Å². The predicted molar refractivity (Wildman–Crippen MR) is 85.3 cm³/mol. The van der Waals surface area contributed by atoms with Crippen LogP contribution in [0.3, 0.4) is 0 Å². The second-order valence-corrected chi connectivity index (χ2v) is 7.08. The van der Waals surface area contributed by atoms with Gasteiger partial charge in [0.15, 0.2) is 0 Å². The van der Waals surface area contributed by atoms with Crippen LogP contribution in [0.25, 0.3) is 0 Å². The molecule has 2 N–H and O–H groups in total. The Balaban J connectivity index is 1.78. The largest absolute Gasteiger partial charge is 0.489 e. The second-order valence-electron chi connectivity index (χ2n) is 5.93. The molecule has 20 heavy (non-hydrogen) atoms. The van der Waals surface area contributed by atoms with Crippen molar-refractivity contribution < 1.29 is 4.74 Å². The highest BCUT2D eigenvalue weighted by Gasteiger charge is 2.32. The van der Waals surface area contributed by atoms with Crippen molar-refractivity contribution in [2.45, 2.75) is 25.0 Å². The molecule has 2 saturated heterocycles. The van der Waals surface area contributed by atoms with Crippen LogP contribution in [0.15, 0.2) is 24.3 Å². The topological polar surface area (TPSA) is 38.5 Å². The summed E-state index contributed by atoms with van der Waals surface area (Å²) in [6, 6.07) is 9.00. The Morgan fingerprint density at radius 2 is 2.25 bits per heavy atom. The van der Waals surface area contributed by atoms with Crippen LogP contribution in [0, 0.1) is 5.92 Å². The van der Waals surface area contributed by atoms with Gasteiger partial charge in [-0.25, -0.2) is 0 Å². The van der Waals surface area contributed by atoms with Gasteiger partial charge in [-0.2, -0.15) is 11.8 Å². The SMILES string of the molecule is CN1CC(CN)CC1c1ccccc1OC1CCSC1. The zero-order chi connectivity index (χ0) is 13.9. The van der Waals surface area contributed by atoms with Gasteiger partial charge < -0.3 is 10.5 Å². The maximum Gasteiger partial charge on any atom is 0.124 e. The van der Waals surface area contributed by atoms with Crippen molar-refractivity contribution >= 4 is 11.8 Å². The van der Waals surface area contributed by atoms with Crippen molar-refractivity contribution in [3.63, 3.8) is 0 Å². The smallest absolute Gasteiger partial charge is 0.124 e. The molecular weight excluding hydrogens is 268 g/mol. The van der Waals surface area contributed by atoms with Crippen molar-refractivity contribution in [1.82, 2.24) is 4.90 Å². The average molecular weight is 292 g/mol. The van der Waals surface area contributed by atoms with Gasteiger partial charge in [0.05, 0.1) is 0 Å². The molecule has 0 aromatic heterocycles. The van der Waals surface area contributed by atoms with Crippen LogP contribution in [-0.4, -0.2) is 42.6 Å². The van der Waals surface area contributed by atoms with Gasteiger partial charge in [0.2, 0.25) is 0 Å². The fourth-order valence-electron chi connectivity index (χ4n) is 3.29. The molecule has 0 aliphatic carbocycles. The third kappa shape index (κ3) is 2.97. The Labute approximate surface area is 125 Å². The number of ether oxygens (including phenoxy) is 1. The lowest BCUT2D eigenvalue weighted by Gasteiger charge is -2.24. The van der Waals surface area contributed by atoms with E-state index in [2.05, 4.69) is 36.2 Å². The first-order valence-corrected chi connectivity index (χ1v) is 8.67. The molecule has 3 atom stereocenters. The van der Waals surface area contributed by atoms with Crippen LogP contribution in [0.1, 0.15) is 24.4 Å². The van der Waals surface area contributed by atoms with Gasteiger partial charge in [-0.1, -0.05) is 18.2 Å². The first kappa shape index (κ1) is 14.2. The summed E-state index contributed by atoms with van der Waals surface area (Å²) in [7, 11) is 2.20. The Morgan fingerprint density at radius 3 is 2.95 bits per heavy atom. The van der Waals surface area contributed by atoms with E-state index in [0.717, 1.165) is 31.0 Å². The van der Waals surface area contributed by atoms with Gasteiger partial charge in [-0.05, 0) is 44.2 Å². The van der Waals surface area contributed by atoms with E-state index < -0.39 is 0 Å². The van der Waals surface area contributed by atoms with E-state index in [1.54, 1.807) is 0 Å². The summed E-state index contributed by atoms with van der Waals surface area (Å²) in [4.78, 5) is 2.42. The molecule has 1 aromatic rings. The molecule has 3 unspecified atom stereocenters. The van der Waals surface area contributed by atoms with E-state index in [-0.39, 0.29) is 0 Å². The standard InChI is InChI=1S/C16H24N2OS/c1-18-10-12(9-17)8-15(18)14-4-2-3-5-16(14)19-13-6-7-20-11-13/h2-5,12-13,15H,6-11,17H2,1H3. The molecule has 0 bridgehead atoms. The molecule has 4 heteroatoms. The van der Waals surface area contributed by atoms with E-state index >= 15 is 0 Å². The summed E-state index contributed by atoms with van der Waals surface area (Å²) < 4.78 is 6.26. The number of nitrogens with two attached hydrogens (primary N) is 1. The van der Waals surface area contributed by atoms with Crippen LogP contribution < -0.4 is 10.5 Å². The minimum atomic E-state index is 0.387. The number of para-hydroxylation sites is 1. The van der Waals surface area contributed by atoms with Crippen LogP contribution in [0.2, 0.25) is 0 Å². The van der Waals surface area contributed by atoms with Crippen LogP contribution >= 0.6 is 11.8 Å². The minimum absolute atomic E-state index is 0.387. The van der Waals surface area contributed by atoms with Crippen molar-refractivity contribution in [2.75, 3.05) is 31.6 Å². The van der Waals surface area contributed by atoms with E-state index in [4.69, 9.17) is 10.5 Å². The maximum absolute atomic E-state index is 6.26. The normalized spacial score (nSPS) is 30.8. The molecule has 2 fully saturated rings. The Morgan fingerprint density at radius 1 is 1.40 bits per heavy atom. The average Bonchev–Trinajstić information content (AvgIpc) is 3.09. The summed E-state index contributed by atoms with van der Waals surface area (Å²) in [5, 5.41) is 0. The molecule has 2 aliphatic rings. The fraction of sp³-hybridized carbons (Fsp3) is 0.625. The van der Waals surface area contributed by atoms with E-state index in [1.165, 1.54) is 17.7 Å². The Hall–Kier alpha value is -0.710. The minimum Gasteiger partial charge on any atom is -0.489 e. The molecule has 1 aromatic carbocycles. The first-order chi connectivity index (χ1) is 9.78. The monoisotopic (exact) mass is 292 g/mol. The molecule has 0 saturated carbocycles. The molecule has 3 rings (SSSR count). The second kappa shape index (κ2) is 6.37. The zero-order valence-corrected chi connectivity index (χ0v) is 12.9. The van der Waals surface area contributed by atoms with Crippen molar-refractivity contribution in [3.05, 3.63) is 29.8 Å². The van der Waals surface area contributed by atoms with Gasteiger partial charge in [0.25, 0.3) is 0 Å². The van der Waals surface area contributed by atoms with Gasteiger partial charge in [0.1, 0.15) is 11.9 Å². The van der Waals surface area contributed by atoms with Crippen LogP contribution in [-0.2, 0) is 0 Å². The summed E-state index contributed by atoms with van der Waals surface area (Å²) in [5.41, 5.74) is 7.18. The highest BCUT2D eigenvalue weighted by molar-refractivity contribution is 7.99. The summed E-state index contributed by atoms with van der Waals surface area (Å²) in [6.07, 6.45) is 2.70. The third-order valence-corrected chi connectivity index (χ3v) is 5.56. The quantitative estimate of drug-likeness (QED) is 0.925. The molecular formula is C16H24N2OS. The van der Waals surface area contributed by atoms with Gasteiger partial charge in [-0.15, -0.1) is 0 Å². The number of likely N-dealkylation sites (tertiary alicyclic amines) is 1. The lowest BCUT2D eigenvalue weighted by molar-refractivity contribution is 0.219. The third-order valence-electron chi connectivity index (χ3n) is 4.43. The van der Waals surface area contributed by atoms with Crippen LogP contribution in [0.5, 0.6) is 5.75 Å². The number of rotatable bonds is 4. The van der Waals surface area contributed by atoms with Gasteiger partial charge >= 0.3 is 0 Å². The van der Waals surface area contributed by atoms with Crippen molar-refractivity contribution in [2.24, 2.45) is 11.7 Å². The molecule has 2 heterocycles. The summed E-state index contributed by atoms with van der Waals surface area (Å²) in [6.45, 7) is 1.87. The number of nitrogens with zero attached hydrogens (tertiary/aromatic N) is 1. The molecule has 0 spiro atoms.